The van der Waals surface area contributed by atoms with Gasteiger partial charge in [-0.15, -0.1) is 0 Å². The van der Waals surface area contributed by atoms with Crippen molar-refractivity contribution in [1.82, 2.24) is 0 Å². The topological polar surface area (TPSA) is 0 Å². The van der Waals surface area contributed by atoms with E-state index in [2.05, 4.69) is 35.0 Å². The lowest BCUT2D eigenvalue weighted by Gasteiger charge is -2.03. The van der Waals surface area contributed by atoms with E-state index in [1.54, 1.807) is 0 Å². The molecule has 0 saturated carbocycles. The van der Waals surface area contributed by atoms with Gasteiger partial charge in [-0.05, 0) is 46.3 Å². The predicted octanol–water partition coefficient (Wildman–Crippen LogP) is 4.39. The zero-order valence-corrected chi connectivity index (χ0v) is 9.21. The number of halogens is 2. The molecule has 1 aromatic carbocycles. The van der Waals surface area contributed by atoms with Crippen LogP contribution in [-0.2, 0) is 0 Å². The molecule has 1 rings (SSSR count). The monoisotopic (exact) mass is 250 g/mol. The van der Waals surface area contributed by atoms with Crippen molar-refractivity contribution in [3.8, 4) is 0 Å². The minimum Gasteiger partial charge on any atom is -0.0842 e. The van der Waals surface area contributed by atoms with Crippen LogP contribution in [-0.4, -0.2) is 0 Å². The summed E-state index contributed by atoms with van der Waals surface area (Å²) in [7, 11) is 6.86. The lowest BCUT2D eigenvalue weighted by Crippen LogP contribution is -1.82. The fraction of sp³-hybridized carbons (Fsp3) is 0.250. The van der Waals surface area contributed by atoms with Gasteiger partial charge in [-0.25, -0.2) is 0 Å². The Morgan fingerprint density at radius 3 is 2.82 bits per heavy atom. The Labute approximate surface area is 84.0 Å². The van der Waals surface area contributed by atoms with Crippen molar-refractivity contribution >= 4 is 37.6 Å². The molecule has 0 aliphatic rings. The Morgan fingerprint density at radius 2 is 2.27 bits per heavy atom. The molecule has 0 aliphatic carbocycles. The second-order valence-electron chi connectivity index (χ2n) is 2.27. The van der Waals surface area contributed by atoms with E-state index in [1.165, 1.54) is 16.5 Å². The molecule has 0 saturated heterocycles. The second-order valence-corrected chi connectivity index (χ2v) is 4.73. The van der Waals surface area contributed by atoms with Crippen molar-refractivity contribution in [2.24, 2.45) is 0 Å². The van der Waals surface area contributed by atoms with Crippen LogP contribution < -0.4 is 0 Å². The van der Waals surface area contributed by atoms with Crippen molar-refractivity contribution in [1.29, 1.82) is 0 Å². The molecule has 0 N–H and O–H groups in total. The normalized spacial score (nSPS) is 13.0. The molecule has 0 fully saturated rings. The number of alkyl halides is 1. The van der Waals surface area contributed by atoms with Crippen LogP contribution in [0.25, 0.3) is 0 Å². The number of hydrogen-bond donors (Lipinski definition) is 0. The van der Waals surface area contributed by atoms with Crippen molar-refractivity contribution in [3.05, 3.63) is 29.8 Å². The smallest absolute Gasteiger partial charge is 0.0367 e. The molecule has 0 nitrogen and oxygen atoms in total. The van der Waals surface area contributed by atoms with Crippen LogP contribution in [0.5, 0.6) is 0 Å². The predicted molar refractivity (Wildman–Crippen MR) is 55.5 cm³/mol. The third-order valence-electron chi connectivity index (χ3n) is 1.41. The van der Waals surface area contributed by atoms with E-state index in [4.69, 9.17) is 10.7 Å². The van der Waals surface area contributed by atoms with Crippen molar-refractivity contribution in [3.63, 3.8) is 0 Å². The van der Waals surface area contributed by atoms with Crippen molar-refractivity contribution < 1.29 is 0 Å². The maximum atomic E-state index is 5.60. The molecule has 0 amide bonds. The molecular formula is C8H8BrClS. The molecular weight excluding hydrogens is 244 g/mol. The minimum absolute atomic E-state index is 0.395. The van der Waals surface area contributed by atoms with Crippen molar-refractivity contribution in [2.45, 2.75) is 16.6 Å². The Balaban J connectivity index is 2.91. The van der Waals surface area contributed by atoms with Gasteiger partial charge in [0.1, 0.15) is 0 Å². The van der Waals surface area contributed by atoms with E-state index in [9.17, 15) is 0 Å². The molecule has 0 heterocycles. The SMILES string of the molecule is CC(Br)c1cccc(SCl)c1. The fourth-order valence-electron chi connectivity index (χ4n) is 0.810. The quantitative estimate of drug-likeness (QED) is 0.703. The van der Waals surface area contributed by atoms with Gasteiger partial charge in [0.15, 0.2) is 0 Å². The highest BCUT2D eigenvalue weighted by Crippen LogP contribution is 2.27. The van der Waals surface area contributed by atoms with Gasteiger partial charge in [0.25, 0.3) is 0 Å². The molecule has 0 bridgehead atoms. The van der Waals surface area contributed by atoms with Crippen LogP contribution in [0.3, 0.4) is 0 Å². The molecule has 11 heavy (non-hydrogen) atoms. The Morgan fingerprint density at radius 1 is 1.55 bits per heavy atom. The van der Waals surface area contributed by atoms with E-state index in [1.807, 2.05) is 12.1 Å². The van der Waals surface area contributed by atoms with Crippen LogP contribution in [0, 0.1) is 0 Å². The molecule has 0 radical (unpaired) electrons. The molecule has 0 aliphatic heterocycles. The van der Waals surface area contributed by atoms with Gasteiger partial charge in [0.2, 0.25) is 0 Å². The lowest BCUT2D eigenvalue weighted by molar-refractivity contribution is 1.11. The first-order valence-corrected chi connectivity index (χ1v) is 5.82. The number of benzene rings is 1. The summed E-state index contributed by atoms with van der Waals surface area (Å²) in [5.41, 5.74) is 1.26. The summed E-state index contributed by atoms with van der Waals surface area (Å²) in [6, 6.07) is 8.17. The van der Waals surface area contributed by atoms with Gasteiger partial charge >= 0.3 is 0 Å². The first kappa shape index (κ1) is 9.43. The van der Waals surface area contributed by atoms with E-state index >= 15 is 0 Å². The molecule has 60 valence electrons. The molecule has 1 unspecified atom stereocenters. The molecule has 1 aromatic rings. The van der Waals surface area contributed by atoms with Gasteiger partial charge < -0.3 is 0 Å². The molecule has 1 atom stereocenters. The fourth-order valence-corrected chi connectivity index (χ4v) is 1.69. The zero-order chi connectivity index (χ0) is 8.27. The number of hydrogen-bond acceptors (Lipinski definition) is 1. The first-order valence-electron chi connectivity index (χ1n) is 3.26. The van der Waals surface area contributed by atoms with Crippen LogP contribution in [0.1, 0.15) is 17.3 Å². The largest absolute Gasteiger partial charge is 0.0842 e. The van der Waals surface area contributed by atoms with Gasteiger partial charge in [0, 0.05) is 9.72 Å². The number of rotatable bonds is 2. The van der Waals surface area contributed by atoms with Crippen LogP contribution in [0.2, 0.25) is 0 Å². The van der Waals surface area contributed by atoms with Crippen LogP contribution >= 0.6 is 37.6 Å². The molecule has 3 heteroatoms. The van der Waals surface area contributed by atoms with Gasteiger partial charge in [-0.2, -0.15) is 0 Å². The zero-order valence-electron chi connectivity index (χ0n) is 6.05. The highest BCUT2D eigenvalue weighted by molar-refractivity contribution is 9.09. The first-order chi connectivity index (χ1) is 5.24. The Bertz CT molecular complexity index is 237. The highest BCUT2D eigenvalue weighted by Gasteiger charge is 2.00. The third-order valence-corrected chi connectivity index (χ3v) is 2.90. The Kier molecular flexibility index (Phi) is 3.76. The lowest BCUT2D eigenvalue weighted by atomic mass is 10.2. The summed E-state index contributed by atoms with van der Waals surface area (Å²) in [5, 5.41) is 0. The maximum absolute atomic E-state index is 5.60. The van der Waals surface area contributed by atoms with E-state index in [0.29, 0.717) is 4.83 Å². The standard InChI is InChI=1S/C8H8BrClS/c1-6(9)7-3-2-4-8(5-7)11-10/h2-6H,1H3. The van der Waals surface area contributed by atoms with Crippen molar-refractivity contribution in [2.75, 3.05) is 0 Å². The van der Waals surface area contributed by atoms with Crippen LogP contribution in [0.15, 0.2) is 29.2 Å². The summed E-state index contributed by atoms with van der Waals surface area (Å²) < 4.78 is 0. The van der Waals surface area contributed by atoms with E-state index < -0.39 is 0 Å². The third kappa shape index (κ3) is 2.69. The summed E-state index contributed by atoms with van der Waals surface area (Å²) in [5.74, 6) is 0. The summed E-state index contributed by atoms with van der Waals surface area (Å²) in [6.07, 6.45) is 0. The van der Waals surface area contributed by atoms with Crippen LogP contribution in [0.4, 0.5) is 0 Å². The average molecular weight is 252 g/mol. The minimum atomic E-state index is 0.395. The van der Waals surface area contributed by atoms with E-state index in [0.717, 1.165) is 4.90 Å². The second kappa shape index (κ2) is 4.39. The Hall–Kier alpha value is 0.340. The highest BCUT2D eigenvalue weighted by atomic mass is 79.9. The summed E-state index contributed by atoms with van der Waals surface area (Å²) in [6.45, 7) is 2.10. The summed E-state index contributed by atoms with van der Waals surface area (Å²) in [4.78, 5) is 1.49. The average Bonchev–Trinajstić information content (AvgIpc) is 2.05. The summed E-state index contributed by atoms with van der Waals surface area (Å²) >= 11 is 3.49. The maximum Gasteiger partial charge on any atom is 0.0367 e. The molecule has 0 spiro atoms. The van der Waals surface area contributed by atoms with Gasteiger partial charge in [-0.1, -0.05) is 28.1 Å². The van der Waals surface area contributed by atoms with E-state index in [-0.39, 0.29) is 0 Å². The van der Waals surface area contributed by atoms with Gasteiger partial charge in [0.05, 0.1) is 0 Å². The van der Waals surface area contributed by atoms with Gasteiger partial charge in [-0.3, -0.25) is 0 Å². The molecule has 0 aromatic heterocycles.